The van der Waals surface area contributed by atoms with Crippen molar-refractivity contribution in [2.75, 3.05) is 0 Å². The lowest BCUT2D eigenvalue weighted by atomic mass is 10.0. The molecule has 1 aromatic carbocycles. The highest BCUT2D eigenvalue weighted by Gasteiger charge is 2.36. The van der Waals surface area contributed by atoms with Crippen molar-refractivity contribution < 1.29 is 9.32 Å². The molecule has 0 atom stereocenters. The molecule has 0 bridgehead atoms. The van der Waals surface area contributed by atoms with E-state index in [1.807, 2.05) is 48.2 Å². The van der Waals surface area contributed by atoms with Gasteiger partial charge in [-0.25, -0.2) is 4.98 Å². The van der Waals surface area contributed by atoms with Gasteiger partial charge in [0.2, 0.25) is 0 Å². The molecule has 25 heavy (non-hydrogen) atoms. The fraction of sp³-hybridized carbons (Fsp3) is 0.350. The second-order valence-corrected chi connectivity index (χ2v) is 6.91. The maximum atomic E-state index is 13.3. The molecule has 2 aromatic heterocycles. The summed E-state index contributed by atoms with van der Waals surface area (Å²) in [6.45, 7) is 5.98. The first-order chi connectivity index (χ1) is 12.1. The van der Waals surface area contributed by atoms with Gasteiger partial charge in [-0.3, -0.25) is 4.79 Å². The van der Waals surface area contributed by atoms with Gasteiger partial charge < -0.3 is 9.42 Å². The topological polar surface area (TPSA) is 59.2 Å². The van der Waals surface area contributed by atoms with Crippen LogP contribution in [0.4, 0.5) is 0 Å². The predicted octanol–water partition coefficient (Wildman–Crippen LogP) is 4.21. The number of fused-ring (bicyclic) bond motifs is 1. The van der Waals surface area contributed by atoms with E-state index < -0.39 is 0 Å². The van der Waals surface area contributed by atoms with Crippen LogP contribution in [0.25, 0.3) is 22.4 Å². The Kier molecular flexibility index (Phi) is 3.79. The van der Waals surface area contributed by atoms with Crippen molar-refractivity contribution in [1.29, 1.82) is 0 Å². The molecule has 0 N–H and O–H groups in total. The molecule has 0 radical (unpaired) electrons. The van der Waals surface area contributed by atoms with Crippen LogP contribution in [0.5, 0.6) is 0 Å². The fourth-order valence-corrected chi connectivity index (χ4v) is 3.33. The van der Waals surface area contributed by atoms with E-state index in [1.165, 1.54) is 0 Å². The molecule has 5 heteroatoms. The monoisotopic (exact) mass is 335 g/mol. The molecular weight excluding hydrogens is 314 g/mol. The van der Waals surface area contributed by atoms with Crippen molar-refractivity contribution in [1.82, 2.24) is 15.0 Å². The second kappa shape index (κ2) is 5.99. The van der Waals surface area contributed by atoms with Crippen molar-refractivity contribution in [2.45, 2.75) is 45.7 Å². The third kappa shape index (κ3) is 2.80. The zero-order valence-electron chi connectivity index (χ0n) is 14.7. The molecule has 2 heterocycles. The van der Waals surface area contributed by atoms with Crippen molar-refractivity contribution in [3.63, 3.8) is 0 Å². The van der Waals surface area contributed by atoms with E-state index in [2.05, 4.69) is 24.0 Å². The molecule has 5 nitrogen and oxygen atoms in total. The summed E-state index contributed by atoms with van der Waals surface area (Å²) in [6, 6.07) is 12.2. The van der Waals surface area contributed by atoms with Gasteiger partial charge in [-0.1, -0.05) is 35.5 Å². The molecule has 1 aliphatic rings. The van der Waals surface area contributed by atoms with Gasteiger partial charge in [0.05, 0.1) is 22.3 Å². The standard InChI is InChI=1S/C20H21N3O2/c1-12(2)23(15-9-10-15)20(24)16-11-17(14-7-5-4-6-8-14)21-19-18(16)13(3)22-25-19/h4-8,11-12,15H,9-10H2,1-3H3. The maximum absolute atomic E-state index is 13.3. The Labute approximate surface area is 146 Å². The number of carbonyl (C=O) groups excluding carboxylic acids is 1. The summed E-state index contributed by atoms with van der Waals surface area (Å²) in [5.74, 6) is 0.0355. The van der Waals surface area contributed by atoms with Gasteiger partial charge in [0.15, 0.2) is 0 Å². The summed E-state index contributed by atoms with van der Waals surface area (Å²) in [6.07, 6.45) is 2.15. The Balaban J connectivity index is 1.89. The van der Waals surface area contributed by atoms with Crippen LogP contribution >= 0.6 is 0 Å². The number of rotatable bonds is 4. The van der Waals surface area contributed by atoms with E-state index in [4.69, 9.17) is 4.52 Å². The smallest absolute Gasteiger partial charge is 0.259 e. The number of aryl methyl sites for hydroxylation is 1. The Hall–Kier alpha value is -2.69. The molecule has 0 aliphatic heterocycles. The number of aromatic nitrogens is 2. The third-order valence-electron chi connectivity index (χ3n) is 4.65. The highest BCUT2D eigenvalue weighted by Crippen LogP contribution is 2.33. The first kappa shape index (κ1) is 15.8. The summed E-state index contributed by atoms with van der Waals surface area (Å²) < 4.78 is 5.39. The molecule has 1 amide bonds. The molecule has 1 saturated carbocycles. The first-order valence-electron chi connectivity index (χ1n) is 8.71. The van der Waals surface area contributed by atoms with Gasteiger partial charge in [0.1, 0.15) is 0 Å². The zero-order chi connectivity index (χ0) is 17.6. The van der Waals surface area contributed by atoms with Crippen molar-refractivity contribution in [3.8, 4) is 11.3 Å². The van der Waals surface area contributed by atoms with Crippen LogP contribution in [-0.4, -0.2) is 33.0 Å². The van der Waals surface area contributed by atoms with Crippen LogP contribution in [0, 0.1) is 6.92 Å². The van der Waals surface area contributed by atoms with Gasteiger partial charge in [-0.05, 0) is 39.7 Å². The van der Waals surface area contributed by atoms with Gasteiger partial charge in [-0.2, -0.15) is 0 Å². The van der Waals surface area contributed by atoms with Crippen LogP contribution in [0.1, 0.15) is 42.7 Å². The van der Waals surface area contributed by atoms with E-state index >= 15 is 0 Å². The number of nitrogens with zero attached hydrogens (tertiary/aromatic N) is 3. The number of benzene rings is 1. The van der Waals surface area contributed by atoms with Crippen LogP contribution < -0.4 is 0 Å². The first-order valence-corrected chi connectivity index (χ1v) is 8.71. The quantitative estimate of drug-likeness (QED) is 0.716. The van der Waals surface area contributed by atoms with Gasteiger partial charge in [-0.15, -0.1) is 0 Å². The number of pyridine rings is 1. The van der Waals surface area contributed by atoms with E-state index in [9.17, 15) is 4.79 Å². The van der Waals surface area contributed by atoms with Gasteiger partial charge >= 0.3 is 0 Å². The lowest BCUT2D eigenvalue weighted by Gasteiger charge is -2.27. The van der Waals surface area contributed by atoms with Gasteiger partial charge in [0, 0.05) is 17.6 Å². The van der Waals surface area contributed by atoms with Crippen LogP contribution in [0.3, 0.4) is 0 Å². The summed E-state index contributed by atoms with van der Waals surface area (Å²) >= 11 is 0. The third-order valence-corrected chi connectivity index (χ3v) is 4.65. The average Bonchev–Trinajstić information content (AvgIpc) is 3.37. The van der Waals surface area contributed by atoms with E-state index in [0.717, 1.165) is 29.5 Å². The Morgan fingerprint density at radius 3 is 2.60 bits per heavy atom. The highest BCUT2D eigenvalue weighted by molar-refractivity contribution is 6.07. The Morgan fingerprint density at radius 2 is 1.96 bits per heavy atom. The van der Waals surface area contributed by atoms with Crippen LogP contribution in [0.15, 0.2) is 40.9 Å². The molecule has 0 spiro atoms. The van der Waals surface area contributed by atoms with Gasteiger partial charge in [0.25, 0.3) is 11.6 Å². The Morgan fingerprint density at radius 1 is 1.24 bits per heavy atom. The summed E-state index contributed by atoms with van der Waals surface area (Å²) in [5.41, 5.74) is 3.43. The Bertz CT molecular complexity index is 925. The highest BCUT2D eigenvalue weighted by atomic mass is 16.5. The summed E-state index contributed by atoms with van der Waals surface area (Å²) in [7, 11) is 0. The average molecular weight is 335 g/mol. The zero-order valence-corrected chi connectivity index (χ0v) is 14.7. The normalized spacial score (nSPS) is 14.2. The van der Waals surface area contributed by atoms with E-state index in [1.54, 1.807) is 0 Å². The summed E-state index contributed by atoms with van der Waals surface area (Å²) in [4.78, 5) is 19.9. The van der Waals surface area contributed by atoms with E-state index in [-0.39, 0.29) is 11.9 Å². The minimum absolute atomic E-state index is 0.0355. The molecule has 4 rings (SSSR count). The van der Waals surface area contributed by atoms with Crippen molar-refractivity contribution >= 4 is 17.0 Å². The molecule has 1 aliphatic carbocycles. The minimum atomic E-state index is 0.0355. The SMILES string of the molecule is Cc1noc2nc(-c3ccccc3)cc(C(=O)N(C(C)C)C3CC3)c12. The van der Waals surface area contributed by atoms with E-state index in [0.29, 0.717) is 23.0 Å². The van der Waals surface area contributed by atoms with Crippen molar-refractivity contribution in [2.24, 2.45) is 0 Å². The molecule has 128 valence electrons. The van der Waals surface area contributed by atoms with Crippen LogP contribution in [-0.2, 0) is 0 Å². The largest absolute Gasteiger partial charge is 0.335 e. The molecule has 0 unspecified atom stereocenters. The molecular formula is C20H21N3O2. The second-order valence-electron chi connectivity index (χ2n) is 6.91. The number of amides is 1. The number of hydrogen-bond acceptors (Lipinski definition) is 4. The minimum Gasteiger partial charge on any atom is -0.335 e. The van der Waals surface area contributed by atoms with Crippen LogP contribution in [0.2, 0.25) is 0 Å². The predicted molar refractivity (Wildman–Crippen MR) is 96.3 cm³/mol. The maximum Gasteiger partial charge on any atom is 0.259 e. The lowest BCUT2D eigenvalue weighted by molar-refractivity contribution is 0.0692. The number of carbonyl (C=O) groups is 1. The van der Waals surface area contributed by atoms with Crippen molar-refractivity contribution in [3.05, 3.63) is 47.7 Å². The molecule has 0 saturated heterocycles. The summed E-state index contributed by atoms with van der Waals surface area (Å²) in [5, 5.41) is 4.75. The lowest BCUT2D eigenvalue weighted by Crippen LogP contribution is -2.38. The fourth-order valence-electron chi connectivity index (χ4n) is 3.33. The molecule has 3 aromatic rings. The number of hydrogen-bond donors (Lipinski definition) is 0. The molecule has 1 fully saturated rings.